The summed E-state index contributed by atoms with van der Waals surface area (Å²) in [7, 11) is 0. The quantitative estimate of drug-likeness (QED) is 0.402. The Morgan fingerprint density at radius 1 is 1.00 bits per heavy atom. The molecule has 1 N–H and O–H groups in total. The van der Waals surface area contributed by atoms with Gasteiger partial charge in [-0.15, -0.1) is 0 Å². The first-order chi connectivity index (χ1) is 13.2. The summed E-state index contributed by atoms with van der Waals surface area (Å²) in [6.45, 7) is 7.23. The average molecular weight is 417 g/mol. The van der Waals surface area contributed by atoms with Crippen molar-refractivity contribution < 1.29 is 46.4 Å². The highest BCUT2D eigenvalue weighted by Gasteiger charge is 2.38. The number of hydrogen-bond acceptors (Lipinski definition) is 7. The molecule has 1 atom stereocenters. The zero-order valence-corrected chi connectivity index (χ0v) is 16.3. The van der Waals surface area contributed by atoms with E-state index in [1.807, 2.05) is 13.8 Å². The molecule has 1 aliphatic rings. The van der Waals surface area contributed by atoms with Gasteiger partial charge in [0.25, 0.3) is 0 Å². The number of nitrogens with one attached hydrogen (secondary N) is 1. The Bertz CT molecular complexity index is 435. The van der Waals surface area contributed by atoms with Crippen molar-refractivity contribution in [3.8, 4) is 0 Å². The summed E-state index contributed by atoms with van der Waals surface area (Å²) in [6.07, 6.45) is -4.61. The lowest BCUT2D eigenvalue weighted by atomic mass is 10.4. The van der Waals surface area contributed by atoms with E-state index < -0.39 is 17.9 Å². The number of alkyl halides is 3. The molecule has 1 amide bonds. The number of hydrogen-bond donors (Lipinski definition) is 1. The Kier molecular flexibility index (Phi) is 11.9. The molecule has 1 saturated heterocycles. The topological polar surface area (TPSA) is 84.5 Å². The van der Waals surface area contributed by atoms with Gasteiger partial charge in [0.05, 0.1) is 52.9 Å². The Morgan fingerprint density at radius 3 is 2.04 bits per heavy atom. The molecular formula is C17H30F3NO7. The van der Waals surface area contributed by atoms with E-state index in [0.717, 1.165) is 0 Å². The minimum atomic E-state index is -4.85. The molecule has 166 valence electrons. The second-order valence-corrected chi connectivity index (χ2v) is 6.47. The monoisotopic (exact) mass is 417 g/mol. The van der Waals surface area contributed by atoms with Gasteiger partial charge in [-0.3, -0.25) is 4.79 Å². The van der Waals surface area contributed by atoms with Crippen molar-refractivity contribution in [3.63, 3.8) is 0 Å². The van der Waals surface area contributed by atoms with Gasteiger partial charge in [0, 0.05) is 13.2 Å². The highest BCUT2D eigenvalue weighted by molar-refractivity contribution is 5.81. The summed E-state index contributed by atoms with van der Waals surface area (Å²) in [5.41, 5.74) is 0. The maximum atomic E-state index is 11.9. The standard InChI is InChI=1S/C17H30F3NO7/c1-16(2)27-13-14(28-16)12-26-11-10-25-9-8-24-7-6-23-5-3-4-21-15(22)17(18,19)20/h14H,3-13H2,1-2H3,(H,21,22)/t14-/m0/s1. The molecule has 0 aliphatic carbocycles. The van der Waals surface area contributed by atoms with Crippen LogP contribution in [0.5, 0.6) is 0 Å². The third-order valence-electron chi connectivity index (χ3n) is 3.50. The van der Waals surface area contributed by atoms with Crippen molar-refractivity contribution in [2.45, 2.75) is 38.3 Å². The molecule has 0 unspecified atom stereocenters. The fourth-order valence-corrected chi connectivity index (χ4v) is 2.20. The summed E-state index contributed by atoms with van der Waals surface area (Å²) >= 11 is 0. The van der Waals surface area contributed by atoms with E-state index in [0.29, 0.717) is 59.3 Å². The van der Waals surface area contributed by atoms with E-state index in [1.54, 1.807) is 5.32 Å². The van der Waals surface area contributed by atoms with Crippen LogP contribution in [0.2, 0.25) is 0 Å². The normalized spacial score (nSPS) is 19.1. The van der Waals surface area contributed by atoms with Crippen LogP contribution in [0.4, 0.5) is 13.2 Å². The fraction of sp³-hybridized carbons (Fsp3) is 0.941. The minimum absolute atomic E-state index is 0.0563. The largest absolute Gasteiger partial charge is 0.471 e. The van der Waals surface area contributed by atoms with Crippen molar-refractivity contribution in [3.05, 3.63) is 0 Å². The first kappa shape index (κ1) is 25.1. The summed E-state index contributed by atoms with van der Waals surface area (Å²) in [5.74, 6) is -2.49. The highest BCUT2D eigenvalue weighted by Crippen LogP contribution is 2.22. The van der Waals surface area contributed by atoms with Gasteiger partial charge < -0.3 is 33.7 Å². The lowest BCUT2D eigenvalue weighted by molar-refractivity contribution is -0.173. The van der Waals surface area contributed by atoms with Crippen LogP contribution in [-0.4, -0.2) is 90.0 Å². The first-order valence-electron chi connectivity index (χ1n) is 9.18. The van der Waals surface area contributed by atoms with Gasteiger partial charge in [0.15, 0.2) is 5.79 Å². The summed E-state index contributed by atoms with van der Waals surface area (Å²) in [4.78, 5) is 10.5. The predicted octanol–water partition coefficient (Wildman–Crippen LogP) is 1.27. The van der Waals surface area contributed by atoms with E-state index in [1.165, 1.54) is 0 Å². The van der Waals surface area contributed by atoms with E-state index in [9.17, 15) is 18.0 Å². The van der Waals surface area contributed by atoms with Crippen LogP contribution in [-0.2, 0) is 33.2 Å². The Balaban J connectivity index is 1.75. The maximum absolute atomic E-state index is 11.9. The summed E-state index contributed by atoms with van der Waals surface area (Å²) in [5, 5.41) is 1.77. The molecule has 8 nitrogen and oxygen atoms in total. The second-order valence-electron chi connectivity index (χ2n) is 6.47. The molecule has 0 saturated carbocycles. The van der Waals surface area contributed by atoms with Crippen LogP contribution in [0.15, 0.2) is 0 Å². The van der Waals surface area contributed by atoms with E-state index in [2.05, 4.69) is 0 Å². The number of carbonyl (C=O) groups excluding carboxylic acids is 1. The lowest BCUT2D eigenvalue weighted by Gasteiger charge is -2.17. The van der Waals surface area contributed by atoms with Crippen LogP contribution in [0.1, 0.15) is 20.3 Å². The van der Waals surface area contributed by atoms with Crippen LogP contribution in [0, 0.1) is 0 Å². The number of carbonyl (C=O) groups is 1. The van der Waals surface area contributed by atoms with Gasteiger partial charge in [-0.05, 0) is 20.3 Å². The average Bonchev–Trinajstić information content (AvgIpc) is 2.96. The zero-order chi connectivity index (χ0) is 20.9. The van der Waals surface area contributed by atoms with E-state index in [-0.39, 0.29) is 19.3 Å². The molecule has 1 aliphatic heterocycles. The zero-order valence-electron chi connectivity index (χ0n) is 16.3. The Hall–Kier alpha value is -0.980. The number of ether oxygens (including phenoxy) is 6. The van der Waals surface area contributed by atoms with Crippen molar-refractivity contribution in [1.82, 2.24) is 5.32 Å². The molecular weight excluding hydrogens is 387 g/mol. The number of amides is 1. The van der Waals surface area contributed by atoms with Gasteiger partial charge in [0.2, 0.25) is 0 Å². The predicted molar refractivity (Wildman–Crippen MR) is 91.9 cm³/mol. The lowest BCUT2D eigenvalue weighted by Crippen LogP contribution is -2.37. The number of rotatable bonds is 15. The smallest absolute Gasteiger partial charge is 0.379 e. The fourth-order valence-electron chi connectivity index (χ4n) is 2.20. The molecule has 1 heterocycles. The van der Waals surface area contributed by atoms with Crippen molar-refractivity contribution >= 4 is 5.91 Å². The van der Waals surface area contributed by atoms with E-state index in [4.69, 9.17) is 28.4 Å². The van der Waals surface area contributed by atoms with Crippen molar-refractivity contribution in [2.75, 3.05) is 66.0 Å². The second kappa shape index (κ2) is 13.3. The summed E-state index contributed by atoms with van der Waals surface area (Å²) in [6, 6.07) is 0. The Morgan fingerprint density at radius 2 is 1.54 bits per heavy atom. The SMILES string of the molecule is CC1(C)OC[C@H](COCCOCCOCCOCCCNC(=O)C(F)(F)F)O1. The maximum Gasteiger partial charge on any atom is 0.471 e. The number of halogens is 3. The van der Waals surface area contributed by atoms with Crippen LogP contribution >= 0.6 is 0 Å². The highest BCUT2D eigenvalue weighted by atomic mass is 19.4. The van der Waals surface area contributed by atoms with E-state index >= 15 is 0 Å². The van der Waals surface area contributed by atoms with Crippen molar-refractivity contribution in [1.29, 1.82) is 0 Å². The molecule has 1 fully saturated rings. The molecule has 0 bridgehead atoms. The first-order valence-corrected chi connectivity index (χ1v) is 9.18. The molecule has 0 aromatic carbocycles. The third kappa shape index (κ3) is 12.5. The van der Waals surface area contributed by atoms with Gasteiger partial charge in [0.1, 0.15) is 6.10 Å². The van der Waals surface area contributed by atoms with Crippen LogP contribution in [0.3, 0.4) is 0 Å². The third-order valence-corrected chi connectivity index (χ3v) is 3.50. The van der Waals surface area contributed by atoms with Crippen molar-refractivity contribution in [2.24, 2.45) is 0 Å². The Labute approximate surface area is 162 Å². The molecule has 0 aromatic heterocycles. The molecule has 11 heteroatoms. The van der Waals surface area contributed by atoms with Gasteiger partial charge in [-0.25, -0.2) is 0 Å². The molecule has 0 aromatic rings. The van der Waals surface area contributed by atoms with Gasteiger partial charge in [-0.1, -0.05) is 0 Å². The van der Waals surface area contributed by atoms with Crippen LogP contribution in [0.25, 0.3) is 0 Å². The molecule has 1 rings (SSSR count). The van der Waals surface area contributed by atoms with Crippen LogP contribution < -0.4 is 5.32 Å². The molecule has 0 radical (unpaired) electrons. The molecule has 0 spiro atoms. The van der Waals surface area contributed by atoms with Gasteiger partial charge >= 0.3 is 12.1 Å². The van der Waals surface area contributed by atoms with Gasteiger partial charge in [-0.2, -0.15) is 13.2 Å². The molecule has 28 heavy (non-hydrogen) atoms. The minimum Gasteiger partial charge on any atom is -0.379 e. The summed E-state index contributed by atoms with van der Waals surface area (Å²) < 4.78 is 68.1.